The van der Waals surface area contributed by atoms with E-state index >= 15 is 0 Å². The number of hydrogen-bond acceptors (Lipinski definition) is 5. The molecule has 132 valence electrons. The first-order chi connectivity index (χ1) is 12.1. The molecule has 2 heterocycles. The maximum absolute atomic E-state index is 12.1. The molecule has 0 unspecified atom stereocenters. The summed E-state index contributed by atoms with van der Waals surface area (Å²) in [5, 5.41) is 2.80. The third-order valence-corrected chi connectivity index (χ3v) is 4.87. The Balaban J connectivity index is 1.62. The first-order valence-electron chi connectivity index (χ1n) is 8.09. The van der Waals surface area contributed by atoms with Gasteiger partial charge < -0.3 is 5.32 Å². The number of benzene rings is 1. The van der Waals surface area contributed by atoms with E-state index in [0.29, 0.717) is 5.69 Å². The Morgan fingerprint density at radius 1 is 1.20 bits per heavy atom. The molecule has 0 spiro atoms. The van der Waals surface area contributed by atoms with Gasteiger partial charge in [-0.2, -0.15) is 11.8 Å². The Hall–Kier alpha value is -2.32. The Morgan fingerprint density at radius 3 is 2.76 bits per heavy atom. The third kappa shape index (κ3) is 5.07. The Bertz CT molecular complexity index is 855. The smallest absolute Gasteiger partial charge is 0.325 e. The number of nitrogens with zero attached hydrogens (tertiary/aromatic N) is 2. The molecule has 25 heavy (non-hydrogen) atoms. The van der Waals surface area contributed by atoms with Gasteiger partial charge in [-0.05, 0) is 17.7 Å². The SMILES string of the molecule is O=C(Cn1ccc(=O)[nH]c1=O)Nc1cccc(CN2CCSCC2)c1. The van der Waals surface area contributed by atoms with E-state index in [0.717, 1.165) is 41.3 Å². The number of H-pyrrole nitrogens is 1. The highest BCUT2D eigenvalue weighted by atomic mass is 32.2. The summed E-state index contributed by atoms with van der Waals surface area (Å²) in [5.41, 5.74) is 0.766. The number of nitrogens with one attached hydrogen (secondary N) is 2. The first kappa shape index (κ1) is 17.5. The molecule has 0 aliphatic carbocycles. The van der Waals surface area contributed by atoms with Crippen molar-refractivity contribution in [1.29, 1.82) is 0 Å². The van der Waals surface area contributed by atoms with Crippen LogP contribution < -0.4 is 16.6 Å². The number of hydrogen-bond donors (Lipinski definition) is 2. The average molecular weight is 360 g/mol. The minimum absolute atomic E-state index is 0.150. The molecule has 1 aromatic heterocycles. The van der Waals surface area contributed by atoms with Crippen molar-refractivity contribution < 1.29 is 4.79 Å². The third-order valence-electron chi connectivity index (χ3n) is 3.93. The summed E-state index contributed by atoms with van der Waals surface area (Å²) in [5.74, 6) is 2.00. The van der Waals surface area contributed by atoms with Crippen LogP contribution in [0.5, 0.6) is 0 Å². The Labute approximate surface area is 149 Å². The lowest BCUT2D eigenvalue weighted by atomic mass is 10.2. The normalized spacial score (nSPS) is 15.0. The van der Waals surface area contributed by atoms with Crippen LogP contribution in [0.2, 0.25) is 0 Å². The summed E-state index contributed by atoms with van der Waals surface area (Å²) in [6.07, 6.45) is 1.31. The zero-order valence-corrected chi connectivity index (χ0v) is 14.6. The van der Waals surface area contributed by atoms with Crippen LogP contribution in [0.1, 0.15) is 5.56 Å². The Kier molecular flexibility index (Phi) is 5.72. The van der Waals surface area contributed by atoms with Crippen LogP contribution in [0.15, 0.2) is 46.1 Å². The molecule has 2 N–H and O–H groups in total. The number of thioether (sulfide) groups is 1. The summed E-state index contributed by atoms with van der Waals surface area (Å²) in [7, 11) is 0. The molecule has 2 aromatic rings. The van der Waals surface area contributed by atoms with Crippen molar-refractivity contribution in [1.82, 2.24) is 14.5 Å². The molecule has 7 nitrogen and oxygen atoms in total. The van der Waals surface area contributed by atoms with Gasteiger partial charge in [-0.3, -0.25) is 24.0 Å². The second-order valence-corrected chi connectivity index (χ2v) is 7.10. The molecule has 8 heteroatoms. The predicted octanol–water partition coefficient (Wildman–Crippen LogP) is 0.724. The van der Waals surface area contributed by atoms with E-state index in [1.165, 1.54) is 12.3 Å². The van der Waals surface area contributed by atoms with Crippen molar-refractivity contribution >= 4 is 23.4 Å². The van der Waals surface area contributed by atoms with Gasteiger partial charge in [-0.15, -0.1) is 0 Å². The van der Waals surface area contributed by atoms with E-state index in [1.807, 2.05) is 36.0 Å². The molecule has 1 fully saturated rings. The van der Waals surface area contributed by atoms with Crippen molar-refractivity contribution in [2.75, 3.05) is 29.9 Å². The second-order valence-electron chi connectivity index (χ2n) is 5.88. The number of amides is 1. The van der Waals surface area contributed by atoms with E-state index in [9.17, 15) is 14.4 Å². The van der Waals surface area contributed by atoms with Crippen LogP contribution in [0.3, 0.4) is 0 Å². The number of aromatic nitrogens is 2. The number of carbonyl (C=O) groups is 1. The maximum atomic E-state index is 12.1. The van der Waals surface area contributed by atoms with Crippen LogP contribution >= 0.6 is 11.8 Å². The molecule has 0 atom stereocenters. The van der Waals surface area contributed by atoms with E-state index in [4.69, 9.17) is 0 Å². The fourth-order valence-corrected chi connectivity index (χ4v) is 3.67. The lowest BCUT2D eigenvalue weighted by molar-refractivity contribution is -0.116. The van der Waals surface area contributed by atoms with Crippen LogP contribution in [0.4, 0.5) is 5.69 Å². The largest absolute Gasteiger partial charge is 0.328 e. The van der Waals surface area contributed by atoms with Gasteiger partial charge in [0.15, 0.2) is 0 Å². The van der Waals surface area contributed by atoms with E-state index in [-0.39, 0.29) is 12.5 Å². The van der Waals surface area contributed by atoms with Gasteiger partial charge in [0.2, 0.25) is 5.91 Å². The summed E-state index contributed by atoms with van der Waals surface area (Å²) in [6, 6.07) is 8.95. The molecule has 1 aromatic carbocycles. The maximum Gasteiger partial charge on any atom is 0.328 e. The minimum Gasteiger partial charge on any atom is -0.325 e. The first-order valence-corrected chi connectivity index (χ1v) is 9.24. The van der Waals surface area contributed by atoms with Crippen LogP contribution in [-0.2, 0) is 17.9 Å². The van der Waals surface area contributed by atoms with Gasteiger partial charge >= 0.3 is 5.69 Å². The van der Waals surface area contributed by atoms with Crippen molar-refractivity contribution in [3.8, 4) is 0 Å². The molecule has 1 aliphatic heterocycles. The zero-order chi connectivity index (χ0) is 17.6. The summed E-state index contributed by atoms with van der Waals surface area (Å²) in [6.45, 7) is 2.87. The quantitative estimate of drug-likeness (QED) is 0.821. The fourth-order valence-electron chi connectivity index (χ4n) is 2.69. The minimum atomic E-state index is -0.598. The van der Waals surface area contributed by atoms with Crippen molar-refractivity contribution in [2.45, 2.75) is 13.1 Å². The molecule has 3 rings (SSSR count). The summed E-state index contributed by atoms with van der Waals surface area (Å²) >= 11 is 1.98. The van der Waals surface area contributed by atoms with Gasteiger partial charge in [0, 0.05) is 49.1 Å². The highest BCUT2D eigenvalue weighted by molar-refractivity contribution is 7.99. The summed E-state index contributed by atoms with van der Waals surface area (Å²) in [4.78, 5) is 39.3. The highest BCUT2D eigenvalue weighted by Crippen LogP contribution is 2.16. The van der Waals surface area contributed by atoms with Crippen LogP contribution in [-0.4, -0.2) is 45.0 Å². The molecular weight excluding hydrogens is 340 g/mol. The standard InChI is InChI=1S/C17H20N4O3S/c22-15-4-5-21(17(24)19-15)12-16(23)18-14-3-1-2-13(10-14)11-20-6-8-25-9-7-20/h1-5,10H,6-9,11-12H2,(H,18,23)(H,19,22,24). The topological polar surface area (TPSA) is 87.2 Å². The van der Waals surface area contributed by atoms with Gasteiger partial charge in [-0.25, -0.2) is 4.79 Å². The van der Waals surface area contributed by atoms with Crippen LogP contribution in [0, 0.1) is 0 Å². The summed E-state index contributed by atoms with van der Waals surface area (Å²) < 4.78 is 1.16. The molecule has 0 saturated carbocycles. The average Bonchev–Trinajstić information content (AvgIpc) is 2.59. The fraction of sp³-hybridized carbons (Fsp3) is 0.353. The number of anilines is 1. The van der Waals surface area contributed by atoms with Crippen molar-refractivity contribution in [2.24, 2.45) is 0 Å². The van der Waals surface area contributed by atoms with Gasteiger partial charge in [0.1, 0.15) is 6.54 Å². The van der Waals surface area contributed by atoms with Gasteiger partial charge in [-0.1, -0.05) is 12.1 Å². The second kappa shape index (κ2) is 8.17. The molecule has 1 saturated heterocycles. The number of aromatic amines is 1. The molecular formula is C17H20N4O3S. The highest BCUT2D eigenvalue weighted by Gasteiger charge is 2.11. The van der Waals surface area contributed by atoms with E-state index in [2.05, 4.69) is 15.2 Å². The van der Waals surface area contributed by atoms with E-state index < -0.39 is 11.2 Å². The number of rotatable bonds is 5. The zero-order valence-electron chi connectivity index (χ0n) is 13.7. The van der Waals surface area contributed by atoms with Gasteiger partial charge in [0.25, 0.3) is 5.56 Å². The number of carbonyl (C=O) groups excluding carboxylic acids is 1. The lowest BCUT2D eigenvalue weighted by Crippen LogP contribution is -2.32. The van der Waals surface area contributed by atoms with Crippen molar-refractivity contribution in [3.05, 3.63) is 62.9 Å². The lowest BCUT2D eigenvalue weighted by Gasteiger charge is -2.26. The van der Waals surface area contributed by atoms with Gasteiger partial charge in [0.05, 0.1) is 0 Å². The predicted molar refractivity (Wildman–Crippen MR) is 99.0 cm³/mol. The molecule has 1 amide bonds. The van der Waals surface area contributed by atoms with Crippen LogP contribution in [0.25, 0.3) is 0 Å². The monoisotopic (exact) mass is 360 g/mol. The van der Waals surface area contributed by atoms with E-state index in [1.54, 1.807) is 0 Å². The molecule has 0 bridgehead atoms. The van der Waals surface area contributed by atoms with Crippen molar-refractivity contribution in [3.63, 3.8) is 0 Å². The molecule has 1 aliphatic rings. The Morgan fingerprint density at radius 2 is 2.00 bits per heavy atom. The molecule has 0 radical (unpaired) electrons.